The van der Waals surface area contributed by atoms with E-state index in [1.807, 2.05) is 102 Å². The molecule has 0 radical (unpaired) electrons. The first-order chi connectivity index (χ1) is 27.6. The molecule has 2 aromatic heterocycles. The zero-order chi connectivity index (χ0) is 41.0. The molecule has 8 rings (SSSR count). The summed E-state index contributed by atoms with van der Waals surface area (Å²) in [6.45, 7) is 1.91. The van der Waals surface area contributed by atoms with Crippen LogP contribution >= 0.6 is 0 Å². The van der Waals surface area contributed by atoms with Gasteiger partial charge < -0.3 is 5.11 Å². The molecule has 0 amide bonds. The molecular weight excluding hydrogens is 635 g/mol. The smallest absolute Gasteiger partial charge is 0.149 e. The fraction of sp³-hybridized carbons (Fsp3) is 0.125. The SMILES string of the molecule is [2H]C([2H])([2H])c1ccc(-c2ccnc(-c3cc(-c4cccc5c4nc(-c4ccccc4O)n5-c4ccc(-c5ccccc5)c(C([2H])([2H])[2H])c4)cc(C(C)(C)C)c3)c2)cc1. The number of rotatable bonds is 6. The van der Waals surface area contributed by atoms with Crippen LogP contribution in [-0.4, -0.2) is 19.6 Å². The Hall–Kier alpha value is -6.26. The van der Waals surface area contributed by atoms with E-state index < -0.39 is 13.7 Å². The lowest BCUT2D eigenvalue weighted by Crippen LogP contribution is -2.11. The maximum absolute atomic E-state index is 11.2. The first kappa shape index (κ1) is 26.5. The van der Waals surface area contributed by atoms with Gasteiger partial charge in [0, 0.05) is 31.2 Å². The molecule has 0 bridgehead atoms. The third kappa shape index (κ3) is 6.18. The molecule has 0 aliphatic heterocycles. The number of fused-ring (bicyclic) bond motifs is 1. The summed E-state index contributed by atoms with van der Waals surface area (Å²) < 4.78 is 50.9. The third-order valence-corrected chi connectivity index (χ3v) is 9.56. The summed E-state index contributed by atoms with van der Waals surface area (Å²) in [6.07, 6.45) is 1.77. The maximum atomic E-state index is 11.2. The Kier molecular flexibility index (Phi) is 6.70. The minimum Gasteiger partial charge on any atom is -0.507 e. The number of hydrogen-bond acceptors (Lipinski definition) is 3. The number of phenolic OH excluding ortho intramolecular Hbond substituents is 1. The van der Waals surface area contributed by atoms with Crippen LogP contribution in [0.4, 0.5) is 0 Å². The minimum absolute atomic E-state index is 0.0496. The van der Waals surface area contributed by atoms with Gasteiger partial charge in [0.2, 0.25) is 0 Å². The zero-order valence-corrected chi connectivity index (χ0v) is 29.2. The molecule has 0 unspecified atom stereocenters. The van der Waals surface area contributed by atoms with Crippen LogP contribution in [-0.2, 0) is 5.41 Å². The van der Waals surface area contributed by atoms with Crippen molar-refractivity contribution in [3.63, 3.8) is 0 Å². The molecule has 0 fully saturated rings. The molecular formula is C48H41N3O. The number of pyridine rings is 1. The second-order valence-electron chi connectivity index (χ2n) is 14.1. The van der Waals surface area contributed by atoms with Crippen LogP contribution in [0.25, 0.3) is 72.7 Å². The number of nitrogens with zero attached hydrogens (tertiary/aromatic N) is 3. The van der Waals surface area contributed by atoms with Gasteiger partial charge in [0.05, 0.1) is 22.3 Å². The number of phenols is 1. The Morgan fingerprint density at radius 3 is 2.13 bits per heavy atom. The summed E-state index contributed by atoms with van der Waals surface area (Å²) in [5.74, 6) is 0.518. The van der Waals surface area contributed by atoms with E-state index in [0.29, 0.717) is 28.2 Å². The highest BCUT2D eigenvalue weighted by molar-refractivity contribution is 5.97. The normalized spacial score (nSPS) is 13.8. The summed E-state index contributed by atoms with van der Waals surface area (Å²) in [7, 11) is 0. The van der Waals surface area contributed by atoms with E-state index in [4.69, 9.17) is 18.2 Å². The quantitative estimate of drug-likeness (QED) is 0.190. The van der Waals surface area contributed by atoms with E-state index in [2.05, 4.69) is 39.0 Å². The third-order valence-electron chi connectivity index (χ3n) is 9.56. The van der Waals surface area contributed by atoms with E-state index in [1.165, 1.54) is 0 Å². The number of para-hydroxylation sites is 2. The maximum Gasteiger partial charge on any atom is 0.149 e. The van der Waals surface area contributed by atoms with Crippen molar-refractivity contribution >= 4 is 11.0 Å². The molecule has 0 atom stereocenters. The standard InChI is InChI=1S/C48H41N3O/c1-31-18-20-33(21-19-31)35-24-25-49-43(30-35)37-27-36(28-38(29-37)48(3,4)5)41-15-11-16-44-46(41)50-47(42-14-9-10-17-45(42)52)51(44)39-22-23-40(32(2)26-39)34-12-7-6-8-13-34/h6-30,52H,1-5H3/i1D3,2D3. The van der Waals surface area contributed by atoms with Crippen molar-refractivity contribution < 1.29 is 13.3 Å². The van der Waals surface area contributed by atoms with Gasteiger partial charge >= 0.3 is 0 Å². The molecule has 2 heterocycles. The highest BCUT2D eigenvalue weighted by atomic mass is 16.3. The zero-order valence-electron chi connectivity index (χ0n) is 35.2. The van der Waals surface area contributed by atoms with Gasteiger partial charge in [-0.3, -0.25) is 9.55 Å². The summed E-state index contributed by atoms with van der Waals surface area (Å²) in [5.41, 5.74) is 10.5. The highest BCUT2D eigenvalue weighted by Crippen LogP contribution is 2.40. The summed E-state index contributed by atoms with van der Waals surface area (Å²) >= 11 is 0. The second-order valence-corrected chi connectivity index (χ2v) is 14.1. The van der Waals surface area contributed by atoms with E-state index in [1.54, 1.807) is 36.5 Å². The molecule has 4 heteroatoms. The van der Waals surface area contributed by atoms with Gasteiger partial charge in [-0.25, -0.2) is 4.98 Å². The lowest BCUT2D eigenvalue weighted by Gasteiger charge is -2.22. The van der Waals surface area contributed by atoms with Crippen molar-refractivity contribution in [1.29, 1.82) is 0 Å². The minimum atomic E-state index is -2.41. The molecule has 4 nitrogen and oxygen atoms in total. The fourth-order valence-electron chi connectivity index (χ4n) is 6.77. The molecule has 0 aliphatic rings. The van der Waals surface area contributed by atoms with E-state index in [0.717, 1.165) is 50.2 Å². The molecule has 6 aromatic carbocycles. The Morgan fingerprint density at radius 1 is 0.596 bits per heavy atom. The lowest BCUT2D eigenvalue weighted by molar-refractivity contribution is 0.477. The number of hydrogen-bond donors (Lipinski definition) is 1. The van der Waals surface area contributed by atoms with Gasteiger partial charge in [0.15, 0.2) is 0 Å². The number of benzene rings is 6. The van der Waals surface area contributed by atoms with Crippen LogP contribution in [0.2, 0.25) is 0 Å². The van der Waals surface area contributed by atoms with Crippen LogP contribution in [0.3, 0.4) is 0 Å². The first-order valence-electron chi connectivity index (χ1n) is 20.3. The Labute approximate surface area is 314 Å². The van der Waals surface area contributed by atoms with Crippen LogP contribution in [0.5, 0.6) is 5.75 Å². The van der Waals surface area contributed by atoms with E-state index in [9.17, 15) is 5.11 Å². The van der Waals surface area contributed by atoms with Gasteiger partial charge in [-0.15, -0.1) is 0 Å². The average molecular weight is 682 g/mol. The number of aromatic nitrogens is 3. The summed E-state index contributed by atoms with van der Waals surface area (Å²) in [5, 5.41) is 11.2. The van der Waals surface area contributed by atoms with Gasteiger partial charge in [-0.05, 0) is 113 Å². The summed E-state index contributed by atoms with van der Waals surface area (Å²) in [6, 6.07) is 45.3. The second kappa shape index (κ2) is 13.1. The van der Waals surface area contributed by atoms with E-state index in [-0.39, 0.29) is 22.3 Å². The predicted molar refractivity (Wildman–Crippen MR) is 216 cm³/mol. The molecule has 0 saturated carbocycles. The molecule has 8 aromatic rings. The molecule has 52 heavy (non-hydrogen) atoms. The number of aromatic hydroxyl groups is 1. The van der Waals surface area contributed by atoms with Crippen molar-refractivity contribution in [2.45, 2.75) is 39.9 Å². The van der Waals surface area contributed by atoms with Crippen molar-refractivity contribution in [1.82, 2.24) is 14.5 Å². The van der Waals surface area contributed by atoms with Crippen LogP contribution in [0.1, 0.15) is 45.7 Å². The molecule has 0 saturated heterocycles. The van der Waals surface area contributed by atoms with Crippen LogP contribution in [0.15, 0.2) is 152 Å². The molecule has 0 spiro atoms. The lowest BCUT2D eigenvalue weighted by atomic mass is 9.83. The van der Waals surface area contributed by atoms with Crippen molar-refractivity contribution in [2.24, 2.45) is 0 Å². The van der Waals surface area contributed by atoms with Gasteiger partial charge in [0.1, 0.15) is 11.6 Å². The van der Waals surface area contributed by atoms with Crippen molar-refractivity contribution in [3.05, 3.63) is 168 Å². The van der Waals surface area contributed by atoms with Crippen LogP contribution < -0.4 is 0 Å². The Balaban J connectivity index is 1.33. The van der Waals surface area contributed by atoms with Gasteiger partial charge in [0.25, 0.3) is 0 Å². The Bertz CT molecular complexity index is 2800. The number of imidazole rings is 1. The average Bonchev–Trinajstić information content (AvgIpc) is 3.60. The fourth-order valence-corrected chi connectivity index (χ4v) is 6.77. The molecule has 254 valence electrons. The van der Waals surface area contributed by atoms with Crippen molar-refractivity contribution in [3.8, 4) is 67.5 Å². The topological polar surface area (TPSA) is 50.9 Å². The number of aryl methyl sites for hydroxylation is 2. The van der Waals surface area contributed by atoms with Crippen molar-refractivity contribution in [2.75, 3.05) is 0 Å². The molecule has 0 aliphatic carbocycles. The largest absolute Gasteiger partial charge is 0.507 e. The first-order valence-corrected chi connectivity index (χ1v) is 17.3. The van der Waals surface area contributed by atoms with Crippen LogP contribution in [0, 0.1) is 13.7 Å². The van der Waals surface area contributed by atoms with Gasteiger partial charge in [-0.1, -0.05) is 117 Å². The Morgan fingerprint density at radius 2 is 1.37 bits per heavy atom. The monoisotopic (exact) mass is 681 g/mol. The highest BCUT2D eigenvalue weighted by Gasteiger charge is 2.22. The predicted octanol–water partition coefficient (Wildman–Crippen LogP) is 12.4. The van der Waals surface area contributed by atoms with E-state index >= 15 is 0 Å². The van der Waals surface area contributed by atoms with Gasteiger partial charge in [-0.2, -0.15) is 0 Å². The summed E-state index contributed by atoms with van der Waals surface area (Å²) in [4.78, 5) is 10.0. The molecule has 1 N–H and O–H groups in total.